The average molecular weight is 365 g/mol. The van der Waals surface area contributed by atoms with Crippen LogP contribution in [-0.4, -0.2) is 32.2 Å². The molecule has 0 radical (unpaired) electrons. The third-order valence-corrected chi connectivity index (χ3v) is 4.68. The number of nitrogens with zero attached hydrogens (tertiary/aromatic N) is 1. The van der Waals surface area contributed by atoms with Gasteiger partial charge in [0.05, 0.1) is 24.6 Å². The number of ether oxygens (including phenoxy) is 1. The van der Waals surface area contributed by atoms with E-state index in [4.69, 9.17) is 10.5 Å². The Hall–Kier alpha value is -2.79. The number of nitrogen functional groups attached to an aromatic ring is 1. The first-order valence-electron chi connectivity index (χ1n) is 9.34. The smallest absolute Gasteiger partial charge is 0.248 e. The Balaban J connectivity index is 1.61. The highest BCUT2D eigenvalue weighted by molar-refractivity contribution is 6.02. The molecule has 1 saturated heterocycles. The first-order chi connectivity index (χ1) is 13.0. The zero-order chi connectivity index (χ0) is 19.2. The summed E-state index contributed by atoms with van der Waals surface area (Å²) in [6, 6.07) is 13.9. The molecule has 27 heavy (non-hydrogen) atoms. The van der Waals surface area contributed by atoms with Crippen molar-refractivity contribution in [1.82, 2.24) is 0 Å². The van der Waals surface area contributed by atoms with Crippen LogP contribution in [-0.2, 0) is 9.53 Å². The summed E-state index contributed by atoms with van der Waals surface area (Å²) >= 11 is 0. The molecular formula is C22H27N3O2. The Kier molecular flexibility index (Phi) is 6.14. The van der Waals surface area contributed by atoms with Crippen molar-refractivity contribution >= 4 is 29.0 Å². The van der Waals surface area contributed by atoms with Crippen molar-refractivity contribution in [3.63, 3.8) is 0 Å². The number of anilines is 3. The van der Waals surface area contributed by atoms with Crippen LogP contribution in [0.5, 0.6) is 0 Å². The molecule has 0 unspecified atom stereocenters. The largest absolute Gasteiger partial charge is 0.397 e. The van der Waals surface area contributed by atoms with E-state index in [0.29, 0.717) is 30.5 Å². The van der Waals surface area contributed by atoms with Gasteiger partial charge in [-0.05, 0) is 41.3 Å². The van der Waals surface area contributed by atoms with E-state index in [-0.39, 0.29) is 5.91 Å². The lowest BCUT2D eigenvalue weighted by atomic mass is 10.0. The second-order valence-electron chi connectivity index (χ2n) is 7.02. The lowest BCUT2D eigenvalue weighted by molar-refractivity contribution is -0.111. The van der Waals surface area contributed by atoms with Gasteiger partial charge in [0.2, 0.25) is 5.91 Å². The summed E-state index contributed by atoms with van der Waals surface area (Å²) in [5, 5.41) is 2.86. The monoisotopic (exact) mass is 365 g/mol. The van der Waals surface area contributed by atoms with Crippen molar-refractivity contribution in [3.8, 4) is 0 Å². The summed E-state index contributed by atoms with van der Waals surface area (Å²) < 4.78 is 5.37. The van der Waals surface area contributed by atoms with Crippen LogP contribution in [0.2, 0.25) is 0 Å². The van der Waals surface area contributed by atoms with Crippen molar-refractivity contribution < 1.29 is 9.53 Å². The predicted octanol–water partition coefficient (Wildman–Crippen LogP) is 3.88. The molecule has 3 N–H and O–H groups in total. The van der Waals surface area contributed by atoms with Crippen molar-refractivity contribution in [2.45, 2.75) is 19.8 Å². The third-order valence-electron chi connectivity index (χ3n) is 4.68. The molecule has 2 aromatic carbocycles. The zero-order valence-corrected chi connectivity index (χ0v) is 15.9. The van der Waals surface area contributed by atoms with Gasteiger partial charge < -0.3 is 20.7 Å². The Morgan fingerprint density at radius 2 is 1.85 bits per heavy atom. The number of carbonyl (C=O) groups is 1. The number of amides is 1. The van der Waals surface area contributed by atoms with Crippen LogP contribution in [0.3, 0.4) is 0 Å². The van der Waals surface area contributed by atoms with Crippen molar-refractivity contribution in [2.24, 2.45) is 0 Å². The normalized spacial score (nSPS) is 14.7. The minimum absolute atomic E-state index is 0.179. The maximum atomic E-state index is 12.2. The van der Waals surface area contributed by atoms with Gasteiger partial charge in [-0.2, -0.15) is 0 Å². The minimum Gasteiger partial charge on any atom is -0.397 e. The summed E-state index contributed by atoms with van der Waals surface area (Å²) in [7, 11) is 0. The van der Waals surface area contributed by atoms with Crippen LogP contribution >= 0.6 is 0 Å². The summed E-state index contributed by atoms with van der Waals surface area (Å²) in [5.41, 5.74) is 10.8. The van der Waals surface area contributed by atoms with Gasteiger partial charge in [-0.25, -0.2) is 0 Å². The highest BCUT2D eigenvalue weighted by Gasteiger charge is 2.14. The summed E-state index contributed by atoms with van der Waals surface area (Å²) in [4.78, 5) is 14.4. The van der Waals surface area contributed by atoms with Gasteiger partial charge in [-0.3, -0.25) is 4.79 Å². The molecular weight excluding hydrogens is 338 g/mol. The molecule has 0 atom stereocenters. The fraction of sp³-hybridized carbons (Fsp3) is 0.318. The van der Waals surface area contributed by atoms with Gasteiger partial charge >= 0.3 is 0 Å². The van der Waals surface area contributed by atoms with Crippen LogP contribution in [0.25, 0.3) is 6.08 Å². The zero-order valence-electron chi connectivity index (χ0n) is 15.9. The van der Waals surface area contributed by atoms with Gasteiger partial charge in [0, 0.05) is 24.9 Å². The van der Waals surface area contributed by atoms with Gasteiger partial charge in [0.15, 0.2) is 0 Å². The predicted molar refractivity (Wildman–Crippen MR) is 112 cm³/mol. The van der Waals surface area contributed by atoms with E-state index in [1.54, 1.807) is 6.07 Å². The molecule has 1 aliphatic heterocycles. The fourth-order valence-electron chi connectivity index (χ4n) is 3.07. The van der Waals surface area contributed by atoms with Crippen molar-refractivity contribution in [3.05, 3.63) is 59.7 Å². The lowest BCUT2D eigenvalue weighted by Crippen LogP contribution is -2.36. The Bertz CT molecular complexity index is 807. The molecule has 5 heteroatoms. The number of hydrogen-bond donors (Lipinski definition) is 2. The van der Waals surface area contributed by atoms with Crippen LogP contribution in [0.15, 0.2) is 48.5 Å². The van der Waals surface area contributed by atoms with E-state index in [2.05, 4.69) is 36.2 Å². The average Bonchev–Trinajstić information content (AvgIpc) is 2.67. The van der Waals surface area contributed by atoms with Crippen molar-refractivity contribution in [1.29, 1.82) is 0 Å². The number of carbonyl (C=O) groups excluding carboxylic acids is 1. The van der Waals surface area contributed by atoms with Crippen LogP contribution in [0.1, 0.15) is 30.9 Å². The first kappa shape index (κ1) is 19.0. The van der Waals surface area contributed by atoms with E-state index in [1.807, 2.05) is 30.3 Å². The number of nitrogens with two attached hydrogens (primary N) is 1. The summed E-state index contributed by atoms with van der Waals surface area (Å²) in [5.74, 6) is 0.318. The molecule has 1 heterocycles. The van der Waals surface area contributed by atoms with Gasteiger partial charge in [-0.15, -0.1) is 0 Å². The number of benzene rings is 2. The Morgan fingerprint density at radius 3 is 2.48 bits per heavy atom. The molecule has 2 aromatic rings. The molecule has 0 aromatic heterocycles. The van der Waals surface area contributed by atoms with Crippen LogP contribution in [0.4, 0.5) is 17.1 Å². The van der Waals surface area contributed by atoms with Crippen LogP contribution in [0, 0.1) is 0 Å². The molecule has 1 fully saturated rings. The number of hydrogen-bond acceptors (Lipinski definition) is 4. The molecule has 0 spiro atoms. The maximum Gasteiger partial charge on any atom is 0.248 e. The molecule has 0 aliphatic carbocycles. The molecule has 0 saturated carbocycles. The molecule has 142 valence electrons. The lowest BCUT2D eigenvalue weighted by Gasteiger charge is -2.30. The van der Waals surface area contributed by atoms with Crippen LogP contribution < -0.4 is 16.0 Å². The summed E-state index contributed by atoms with van der Waals surface area (Å²) in [6.45, 7) is 7.40. The number of rotatable bonds is 5. The number of morpholine rings is 1. The van der Waals surface area contributed by atoms with E-state index >= 15 is 0 Å². The second-order valence-corrected chi connectivity index (χ2v) is 7.02. The fourth-order valence-corrected chi connectivity index (χ4v) is 3.07. The quantitative estimate of drug-likeness (QED) is 0.623. The van der Waals surface area contributed by atoms with Gasteiger partial charge in [0.1, 0.15) is 0 Å². The highest BCUT2D eigenvalue weighted by atomic mass is 16.5. The Morgan fingerprint density at radius 1 is 1.15 bits per heavy atom. The molecule has 0 bridgehead atoms. The van der Waals surface area contributed by atoms with Crippen molar-refractivity contribution in [2.75, 3.05) is 42.3 Å². The topological polar surface area (TPSA) is 67.6 Å². The first-order valence-corrected chi connectivity index (χ1v) is 9.34. The summed E-state index contributed by atoms with van der Waals surface area (Å²) in [6.07, 6.45) is 3.35. The molecule has 1 aliphatic rings. The standard InChI is InChI=1S/C22H27N3O2/c1-16(2)18-6-3-17(4-7-18)5-10-22(26)24-19-8-9-21(20(23)15-19)25-11-13-27-14-12-25/h3-10,15-16H,11-14,23H2,1-2H3,(H,24,26)/b10-5+. The van der Waals surface area contributed by atoms with Gasteiger partial charge in [0.25, 0.3) is 0 Å². The number of nitrogens with one attached hydrogen (secondary N) is 1. The minimum atomic E-state index is -0.179. The van der Waals surface area contributed by atoms with E-state index in [9.17, 15) is 4.79 Å². The maximum absolute atomic E-state index is 12.2. The molecule has 5 nitrogen and oxygen atoms in total. The van der Waals surface area contributed by atoms with E-state index in [0.717, 1.165) is 24.3 Å². The van der Waals surface area contributed by atoms with E-state index in [1.165, 1.54) is 11.6 Å². The van der Waals surface area contributed by atoms with E-state index < -0.39 is 0 Å². The SMILES string of the molecule is CC(C)c1ccc(/C=C/C(=O)Nc2ccc(N3CCOCC3)c(N)c2)cc1. The molecule has 3 rings (SSSR count). The third kappa shape index (κ3) is 5.11. The highest BCUT2D eigenvalue weighted by Crippen LogP contribution is 2.27. The van der Waals surface area contributed by atoms with Gasteiger partial charge in [-0.1, -0.05) is 38.1 Å². The molecule has 1 amide bonds. The second kappa shape index (κ2) is 8.73. The Labute approximate surface area is 160 Å².